The van der Waals surface area contributed by atoms with E-state index in [1.165, 1.54) is 11.8 Å². The van der Waals surface area contributed by atoms with Crippen LogP contribution in [0.15, 0.2) is 60.3 Å². The van der Waals surface area contributed by atoms with Crippen molar-refractivity contribution in [3.8, 4) is 22.9 Å². The summed E-state index contributed by atoms with van der Waals surface area (Å²) in [7, 11) is 1.79. The summed E-state index contributed by atoms with van der Waals surface area (Å²) in [5.74, 6) is 2.41. The second kappa shape index (κ2) is 10.1. The summed E-state index contributed by atoms with van der Waals surface area (Å²) in [5.41, 5.74) is 1.88. The standard InChI is InChI=1S/C23H23ClN4O3S/c1-3-10-28-22(17-5-7-18(24)8-6-17)25-26-23(28)32-15-21(29)27(2)14-16-4-9-19-20(13-16)31-12-11-30-19/h3-9,13H,1,10-12,14-15H2,2H3. The van der Waals surface area contributed by atoms with E-state index in [1.807, 2.05) is 47.0 Å². The third-order valence-corrected chi connectivity index (χ3v) is 6.11. The summed E-state index contributed by atoms with van der Waals surface area (Å²) in [5, 5.41) is 9.93. The number of nitrogens with zero attached hydrogens (tertiary/aromatic N) is 4. The second-order valence-corrected chi connectivity index (χ2v) is 8.61. The summed E-state index contributed by atoms with van der Waals surface area (Å²) in [4.78, 5) is 14.4. The van der Waals surface area contributed by atoms with Crippen LogP contribution in [0.25, 0.3) is 11.4 Å². The number of hydrogen-bond donors (Lipinski definition) is 0. The lowest BCUT2D eigenvalue weighted by Crippen LogP contribution is -2.28. The van der Waals surface area contributed by atoms with Gasteiger partial charge in [0.05, 0.1) is 5.75 Å². The molecule has 1 amide bonds. The number of fused-ring (bicyclic) bond motifs is 1. The fraction of sp³-hybridized carbons (Fsp3) is 0.261. The van der Waals surface area contributed by atoms with Crippen molar-refractivity contribution in [2.75, 3.05) is 26.0 Å². The van der Waals surface area contributed by atoms with Crippen molar-refractivity contribution < 1.29 is 14.3 Å². The van der Waals surface area contributed by atoms with Crippen LogP contribution in [0.2, 0.25) is 5.02 Å². The first-order valence-corrected chi connectivity index (χ1v) is 11.5. The number of allylic oxidation sites excluding steroid dienone is 1. The number of amides is 1. The lowest BCUT2D eigenvalue weighted by Gasteiger charge is -2.21. The molecule has 1 aliphatic heterocycles. The van der Waals surface area contributed by atoms with Crippen LogP contribution in [-0.4, -0.2) is 51.6 Å². The number of benzene rings is 2. The Hall–Kier alpha value is -2.97. The maximum absolute atomic E-state index is 12.7. The molecular weight excluding hydrogens is 448 g/mol. The van der Waals surface area contributed by atoms with Gasteiger partial charge < -0.3 is 14.4 Å². The molecule has 0 spiro atoms. The summed E-state index contributed by atoms with van der Waals surface area (Å²) in [6, 6.07) is 13.2. The van der Waals surface area contributed by atoms with E-state index in [0.717, 1.165) is 22.6 Å². The van der Waals surface area contributed by atoms with Crippen LogP contribution in [0.3, 0.4) is 0 Å². The quantitative estimate of drug-likeness (QED) is 0.361. The monoisotopic (exact) mass is 470 g/mol. The van der Waals surface area contributed by atoms with E-state index in [1.54, 1.807) is 18.0 Å². The molecule has 2 aromatic carbocycles. The van der Waals surface area contributed by atoms with Gasteiger partial charge in [-0.3, -0.25) is 9.36 Å². The van der Waals surface area contributed by atoms with E-state index in [-0.39, 0.29) is 11.7 Å². The average Bonchev–Trinajstić information content (AvgIpc) is 3.20. The fourth-order valence-corrected chi connectivity index (χ4v) is 4.30. The molecule has 0 unspecified atom stereocenters. The second-order valence-electron chi connectivity index (χ2n) is 7.23. The Morgan fingerprint density at radius 1 is 1.19 bits per heavy atom. The van der Waals surface area contributed by atoms with Gasteiger partial charge in [0, 0.05) is 30.7 Å². The first-order valence-electron chi connectivity index (χ1n) is 10.1. The third-order valence-electron chi connectivity index (χ3n) is 4.91. The smallest absolute Gasteiger partial charge is 0.233 e. The molecular formula is C23H23ClN4O3S. The van der Waals surface area contributed by atoms with Crippen molar-refractivity contribution in [3.05, 3.63) is 65.7 Å². The Morgan fingerprint density at radius 3 is 2.69 bits per heavy atom. The summed E-state index contributed by atoms with van der Waals surface area (Å²) < 4.78 is 13.1. The van der Waals surface area contributed by atoms with Crippen LogP contribution in [0.4, 0.5) is 0 Å². The van der Waals surface area contributed by atoms with E-state index in [0.29, 0.717) is 42.3 Å². The molecule has 166 valence electrons. The molecule has 0 bridgehead atoms. The highest BCUT2D eigenvalue weighted by Crippen LogP contribution is 2.31. The van der Waals surface area contributed by atoms with Crippen LogP contribution in [-0.2, 0) is 17.9 Å². The predicted molar refractivity (Wildman–Crippen MR) is 125 cm³/mol. The highest BCUT2D eigenvalue weighted by atomic mass is 35.5. The van der Waals surface area contributed by atoms with E-state index in [9.17, 15) is 4.79 Å². The van der Waals surface area contributed by atoms with Gasteiger partial charge in [-0.05, 0) is 42.0 Å². The van der Waals surface area contributed by atoms with Crippen molar-refractivity contribution in [2.45, 2.75) is 18.2 Å². The highest BCUT2D eigenvalue weighted by Gasteiger charge is 2.18. The number of ether oxygens (including phenoxy) is 2. The van der Waals surface area contributed by atoms with Gasteiger partial charge in [-0.2, -0.15) is 0 Å². The molecule has 0 saturated heterocycles. The van der Waals surface area contributed by atoms with E-state index in [2.05, 4.69) is 16.8 Å². The molecule has 0 atom stereocenters. The molecule has 3 aromatic rings. The Bertz CT molecular complexity index is 1120. The largest absolute Gasteiger partial charge is 0.486 e. The number of carbonyl (C=O) groups is 1. The van der Waals surface area contributed by atoms with Gasteiger partial charge in [0.25, 0.3) is 0 Å². The highest BCUT2D eigenvalue weighted by molar-refractivity contribution is 7.99. The van der Waals surface area contributed by atoms with Crippen LogP contribution in [0, 0.1) is 0 Å². The maximum atomic E-state index is 12.7. The molecule has 0 N–H and O–H groups in total. The Labute approximate surface area is 196 Å². The molecule has 7 nitrogen and oxygen atoms in total. The van der Waals surface area contributed by atoms with Gasteiger partial charge >= 0.3 is 0 Å². The van der Waals surface area contributed by atoms with Crippen LogP contribution in [0.5, 0.6) is 11.5 Å². The number of halogens is 1. The Kier molecular flexibility index (Phi) is 7.02. The normalized spacial score (nSPS) is 12.4. The summed E-state index contributed by atoms with van der Waals surface area (Å²) in [6.45, 7) is 5.93. The average molecular weight is 471 g/mol. The molecule has 1 aromatic heterocycles. The van der Waals surface area contributed by atoms with Crippen molar-refractivity contribution in [2.24, 2.45) is 0 Å². The third kappa shape index (κ3) is 5.08. The van der Waals surface area contributed by atoms with Gasteiger partial charge in [0.15, 0.2) is 22.5 Å². The summed E-state index contributed by atoms with van der Waals surface area (Å²) in [6.07, 6.45) is 1.78. The Balaban J connectivity index is 1.41. The fourth-order valence-electron chi connectivity index (χ4n) is 3.29. The minimum absolute atomic E-state index is 0.00825. The first kappa shape index (κ1) is 22.2. The van der Waals surface area contributed by atoms with Gasteiger partial charge in [0.2, 0.25) is 5.91 Å². The number of thioether (sulfide) groups is 1. The van der Waals surface area contributed by atoms with E-state index >= 15 is 0 Å². The molecule has 1 aliphatic rings. The predicted octanol–water partition coefficient (Wildman–Crippen LogP) is 4.31. The van der Waals surface area contributed by atoms with Gasteiger partial charge in [0.1, 0.15) is 13.2 Å². The SMILES string of the molecule is C=CCn1c(SCC(=O)N(C)Cc2ccc3c(c2)OCCO3)nnc1-c1ccc(Cl)cc1. The summed E-state index contributed by atoms with van der Waals surface area (Å²) >= 11 is 7.35. The van der Waals surface area contributed by atoms with E-state index < -0.39 is 0 Å². The lowest BCUT2D eigenvalue weighted by molar-refractivity contribution is -0.127. The maximum Gasteiger partial charge on any atom is 0.233 e. The van der Waals surface area contributed by atoms with Gasteiger partial charge in [-0.1, -0.05) is 35.5 Å². The zero-order valence-electron chi connectivity index (χ0n) is 17.7. The minimum atomic E-state index is -0.00825. The van der Waals surface area contributed by atoms with Crippen molar-refractivity contribution in [1.29, 1.82) is 0 Å². The number of carbonyl (C=O) groups excluding carboxylic acids is 1. The van der Waals surface area contributed by atoms with E-state index in [4.69, 9.17) is 21.1 Å². The van der Waals surface area contributed by atoms with Gasteiger partial charge in [-0.25, -0.2) is 0 Å². The molecule has 9 heteroatoms. The molecule has 0 aliphatic carbocycles. The molecule has 4 rings (SSSR count). The first-order chi connectivity index (χ1) is 15.5. The number of rotatable bonds is 8. The molecule has 2 heterocycles. The van der Waals surface area contributed by atoms with Gasteiger partial charge in [-0.15, -0.1) is 16.8 Å². The zero-order valence-corrected chi connectivity index (χ0v) is 19.2. The van der Waals surface area contributed by atoms with Crippen LogP contribution >= 0.6 is 23.4 Å². The van der Waals surface area contributed by atoms with Crippen molar-refractivity contribution in [1.82, 2.24) is 19.7 Å². The van der Waals surface area contributed by atoms with Crippen molar-refractivity contribution >= 4 is 29.3 Å². The number of hydrogen-bond acceptors (Lipinski definition) is 6. The number of aromatic nitrogens is 3. The molecule has 32 heavy (non-hydrogen) atoms. The van der Waals surface area contributed by atoms with Crippen LogP contribution in [0.1, 0.15) is 5.56 Å². The zero-order chi connectivity index (χ0) is 22.5. The lowest BCUT2D eigenvalue weighted by atomic mass is 10.2. The molecule has 0 fully saturated rings. The Morgan fingerprint density at radius 2 is 1.94 bits per heavy atom. The van der Waals surface area contributed by atoms with Crippen molar-refractivity contribution in [3.63, 3.8) is 0 Å². The molecule has 0 radical (unpaired) electrons. The topological polar surface area (TPSA) is 69.5 Å². The van der Waals surface area contributed by atoms with Crippen LogP contribution < -0.4 is 9.47 Å². The minimum Gasteiger partial charge on any atom is -0.486 e. The molecule has 0 saturated carbocycles.